The number of benzene rings is 1. The third-order valence-corrected chi connectivity index (χ3v) is 2.84. The molecule has 4 heteroatoms. The fraction of sp³-hybridized carbons (Fsp3) is 0.333. The molecular formula is C12H12FNO2. The van der Waals surface area contributed by atoms with Gasteiger partial charge in [-0.1, -0.05) is 0 Å². The van der Waals surface area contributed by atoms with Gasteiger partial charge in [0.15, 0.2) is 5.78 Å². The molecule has 3 nitrogen and oxygen atoms in total. The van der Waals surface area contributed by atoms with Gasteiger partial charge in [-0.15, -0.1) is 0 Å². The zero-order chi connectivity index (χ0) is 11.9. The number of hydrogen-bond acceptors (Lipinski definition) is 2. The first-order valence-electron chi connectivity index (χ1n) is 5.13. The zero-order valence-electron chi connectivity index (χ0n) is 9.19. The second-order valence-electron chi connectivity index (χ2n) is 3.99. The summed E-state index contributed by atoms with van der Waals surface area (Å²) in [6.07, 6.45) is 0.955. The van der Waals surface area contributed by atoms with Gasteiger partial charge in [0.2, 0.25) is 5.91 Å². The summed E-state index contributed by atoms with van der Waals surface area (Å²) in [4.78, 5) is 22.6. The maximum absolute atomic E-state index is 13.5. The van der Waals surface area contributed by atoms with Gasteiger partial charge in [-0.2, -0.15) is 0 Å². The molecule has 0 aromatic heterocycles. The average molecular weight is 221 g/mol. The second-order valence-corrected chi connectivity index (χ2v) is 3.99. The van der Waals surface area contributed by atoms with Crippen LogP contribution in [0.5, 0.6) is 0 Å². The quantitative estimate of drug-likeness (QED) is 0.790. The number of carbonyl (C=O) groups excluding carboxylic acids is 2. The molecule has 0 radical (unpaired) electrons. The van der Waals surface area contributed by atoms with Crippen LogP contribution in [0.4, 0.5) is 10.1 Å². The first-order chi connectivity index (χ1) is 7.50. The van der Waals surface area contributed by atoms with E-state index in [1.54, 1.807) is 6.92 Å². The Labute approximate surface area is 92.7 Å². The Kier molecular flexibility index (Phi) is 2.50. The maximum Gasteiger partial charge on any atom is 0.221 e. The van der Waals surface area contributed by atoms with E-state index in [2.05, 4.69) is 5.32 Å². The Morgan fingerprint density at radius 1 is 1.44 bits per heavy atom. The summed E-state index contributed by atoms with van der Waals surface area (Å²) in [5.74, 6) is -0.704. The fourth-order valence-electron chi connectivity index (χ4n) is 2.08. The molecule has 1 aromatic carbocycles. The van der Waals surface area contributed by atoms with Crippen LogP contribution in [0, 0.1) is 12.7 Å². The summed E-state index contributed by atoms with van der Waals surface area (Å²) in [6, 6.07) is 1.22. The molecular weight excluding hydrogens is 209 g/mol. The number of hydrogen-bond donors (Lipinski definition) is 1. The summed E-state index contributed by atoms with van der Waals surface area (Å²) < 4.78 is 13.5. The normalized spacial score (nSPS) is 13.8. The topological polar surface area (TPSA) is 46.2 Å². The van der Waals surface area contributed by atoms with Crippen molar-refractivity contribution in [1.82, 2.24) is 0 Å². The van der Waals surface area contributed by atoms with Crippen molar-refractivity contribution in [3.05, 3.63) is 28.6 Å². The molecule has 84 valence electrons. The Morgan fingerprint density at radius 2 is 2.12 bits per heavy atom. The van der Waals surface area contributed by atoms with E-state index in [9.17, 15) is 14.0 Å². The van der Waals surface area contributed by atoms with E-state index in [0.29, 0.717) is 29.7 Å². The number of rotatable bonds is 1. The largest absolute Gasteiger partial charge is 0.326 e. The predicted octanol–water partition coefficient (Wildman–Crippen LogP) is 2.22. The van der Waals surface area contributed by atoms with E-state index in [4.69, 9.17) is 0 Å². The molecule has 1 aliphatic carbocycles. The molecule has 0 bridgehead atoms. The first-order valence-corrected chi connectivity index (χ1v) is 5.13. The lowest BCUT2D eigenvalue weighted by Crippen LogP contribution is -2.11. The molecule has 0 saturated carbocycles. The highest BCUT2D eigenvalue weighted by atomic mass is 19.1. The molecule has 0 heterocycles. The van der Waals surface area contributed by atoms with Gasteiger partial charge < -0.3 is 5.32 Å². The monoisotopic (exact) mass is 221 g/mol. The minimum Gasteiger partial charge on any atom is -0.326 e. The second kappa shape index (κ2) is 3.70. The SMILES string of the molecule is CC(=O)Nc1cc(F)c(C)c2c1C(=O)CC2. The van der Waals surface area contributed by atoms with Crippen molar-refractivity contribution in [2.45, 2.75) is 26.7 Å². The van der Waals surface area contributed by atoms with Crippen LogP contribution >= 0.6 is 0 Å². The molecule has 0 saturated heterocycles. The van der Waals surface area contributed by atoms with Crippen LogP contribution in [-0.2, 0) is 11.2 Å². The molecule has 0 fully saturated rings. The van der Waals surface area contributed by atoms with Crippen molar-refractivity contribution in [1.29, 1.82) is 0 Å². The summed E-state index contributed by atoms with van der Waals surface area (Å²) in [5, 5.41) is 2.50. The van der Waals surface area contributed by atoms with Crippen molar-refractivity contribution in [3.8, 4) is 0 Å². The molecule has 0 atom stereocenters. The van der Waals surface area contributed by atoms with Gasteiger partial charge in [0.05, 0.1) is 5.69 Å². The number of ketones is 1. The molecule has 0 spiro atoms. The molecule has 1 aromatic rings. The van der Waals surface area contributed by atoms with Crippen LogP contribution in [-0.4, -0.2) is 11.7 Å². The van der Waals surface area contributed by atoms with Gasteiger partial charge in [-0.05, 0) is 30.5 Å². The Hall–Kier alpha value is -1.71. The van der Waals surface area contributed by atoms with Crippen molar-refractivity contribution in [2.75, 3.05) is 5.32 Å². The standard InChI is InChI=1S/C12H12FNO2/c1-6-8-3-4-11(16)12(8)10(5-9(6)13)14-7(2)15/h5H,3-4H2,1-2H3,(H,14,15). The van der Waals surface area contributed by atoms with Gasteiger partial charge in [-0.3, -0.25) is 9.59 Å². The van der Waals surface area contributed by atoms with E-state index in [1.807, 2.05) is 0 Å². The lowest BCUT2D eigenvalue weighted by molar-refractivity contribution is -0.114. The van der Waals surface area contributed by atoms with Gasteiger partial charge in [-0.25, -0.2) is 4.39 Å². The number of nitrogens with one attached hydrogen (secondary N) is 1. The van der Waals surface area contributed by atoms with Crippen LogP contribution in [0.1, 0.15) is 34.8 Å². The molecule has 2 rings (SSSR count). The summed E-state index contributed by atoms with van der Waals surface area (Å²) in [7, 11) is 0. The number of amides is 1. The average Bonchev–Trinajstić information content (AvgIpc) is 2.56. The Balaban J connectivity index is 2.62. The summed E-state index contributed by atoms with van der Waals surface area (Å²) in [5.41, 5.74) is 2.02. The van der Waals surface area contributed by atoms with E-state index in [0.717, 1.165) is 5.56 Å². The van der Waals surface area contributed by atoms with Crippen LogP contribution in [0.15, 0.2) is 6.07 Å². The van der Waals surface area contributed by atoms with E-state index in [1.165, 1.54) is 13.0 Å². The van der Waals surface area contributed by atoms with Crippen LogP contribution in [0.25, 0.3) is 0 Å². The highest BCUT2D eigenvalue weighted by molar-refractivity contribution is 6.08. The molecule has 1 amide bonds. The summed E-state index contributed by atoms with van der Waals surface area (Å²) in [6.45, 7) is 2.99. The Bertz CT molecular complexity index is 494. The highest BCUT2D eigenvalue weighted by Gasteiger charge is 2.26. The zero-order valence-corrected chi connectivity index (χ0v) is 9.19. The number of fused-ring (bicyclic) bond motifs is 1. The lowest BCUT2D eigenvalue weighted by Gasteiger charge is -2.11. The highest BCUT2D eigenvalue weighted by Crippen LogP contribution is 2.33. The van der Waals surface area contributed by atoms with E-state index >= 15 is 0 Å². The van der Waals surface area contributed by atoms with Crippen molar-refractivity contribution in [3.63, 3.8) is 0 Å². The molecule has 0 unspecified atom stereocenters. The number of Topliss-reactive ketones (excluding diaryl/α,β-unsaturated/α-hetero) is 1. The lowest BCUT2D eigenvalue weighted by atomic mass is 10.0. The maximum atomic E-state index is 13.5. The third-order valence-electron chi connectivity index (χ3n) is 2.84. The predicted molar refractivity (Wildman–Crippen MR) is 58.1 cm³/mol. The van der Waals surface area contributed by atoms with Crippen LogP contribution < -0.4 is 5.32 Å². The minimum atomic E-state index is -0.378. The Morgan fingerprint density at radius 3 is 2.75 bits per heavy atom. The minimum absolute atomic E-state index is 0.0261. The van der Waals surface area contributed by atoms with Gasteiger partial charge in [0.1, 0.15) is 5.82 Å². The number of halogens is 1. The van der Waals surface area contributed by atoms with Crippen molar-refractivity contribution >= 4 is 17.4 Å². The van der Waals surface area contributed by atoms with Gasteiger partial charge >= 0.3 is 0 Å². The van der Waals surface area contributed by atoms with Crippen LogP contribution in [0.3, 0.4) is 0 Å². The fourth-order valence-corrected chi connectivity index (χ4v) is 2.08. The summed E-state index contributed by atoms with van der Waals surface area (Å²) >= 11 is 0. The first kappa shape index (κ1) is 10.8. The van der Waals surface area contributed by atoms with E-state index in [-0.39, 0.29) is 17.5 Å². The van der Waals surface area contributed by atoms with E-state index < -0.39 is 0 Å². The molecule has 0 aliphatic heterocycles. The third kappa shape index (κ3) is 1.60. The molecule has 1 N–H and O–H groups in total. The van der Waals surface area contributed by atoms with Crippen molar-refractivity contribution < 1.29 is 14.0 Å². The van der Waals surface area contributed by atoms with Gasteiger partial charge in [0, 0.05) is 18.9 Å². The smallest absolute Gasteiger partial charge is 0.221 e. The van der Waals surface area contributed by atoms with Crippen LogP contribution in [0.2, 0.25) is 0 Å². The molecule has 1 aliphatic rings. The number of anilines is 1. The van der Waals surface area contributed by atoms with Crippen molar-refractivity contribution in [2.24, 2.45) is 0 Å². The van der Waals surface area contributed by atoms with Gasteiger partial charge in [0.25, 0.3) is 0 Å². The molecule has 16 heavy (non-hydrogen) atoms. The number of carbonyl (C=O) groups is 2.